The minimum absolute atomic E-state index is 0.0232. The van der Waals surface area contributed by atoms with E-state index in [-0.39, 0.29) is 29.1 Å². The van der Waals surface area contributed by atoms with Gasteiger partial charge >= 0.3 is 0 Å². The highest BCUT2D eigenvalue weighted by Crippen LogP contribution is 2.57. The number of ketones is 1. The van der Waals surface area contributed by atoms with E-state index in [1.54, 1.807) is 24.3 Å². The van der Waals surface area contributed by atoms with E-state index in [1.165, 1.54) is 0 Å². The van der Waals surface area contributed by atoms with Gasteiger partial charge in [0.2, 0.25) is 0 Å². The van der Waals surface area contributed by atoms with Gasteiger partial charge in [-0.2, -0.15) is 0 Å². The second kappa shape index (κ2) is 5.58. The molecule has 2 aromatic rings. The largest absolute Gasteiger partial charge is 0.508 e. The van der Waals surface area contributed by atoms with Gasteiger partial charge in [0.05, 0.1) is 0 Å². The van der Waals surface area contributed by atoms with Gasteiger partial charge in [-0.3, -0.25) is 4.79 Å². The second-order valence-electron chi connectivity index (χ2n) is 7.24. The summed E-state index contributed by atoms with van der Waals surface area (Å²) in [4.78, 5) is 13.9. The number of Topliss-reactive ketones (excluding diaryl/α,β-unsaturated/α-hetero) is 1. The number of rotatable bonds is 2. The van der Waals surface area contributed by atoms with Crippen LogP contribution in [-0.4, -0.2) is 16.0 Å². The van der Waals surface area contributed by atoms with E-state index in [4.69, 9.17) is 0 Å². The molecule has 5 rings (SSSR count). The van der Waals surface area contributed by atoms with Gasteiger partial charge in [-0.25, -0.2) is 0 Å². The van der Waals surface area contributed by atoms with Gasteiger partial charge in [-0.15, -0.1) is 0 Å². The molecular formula is C24H18O3. The lowest BCUT2D eigenvalue weighted by Crippen LogP contribution is -2.36. The topological polar surface area (TPSA) is 57.5 Å². The molecule has 3 heteroatoms. The normalized spacial score (nSPS) is 24.4. The predicted molar refractivity (Wildman–Crippen MR) is 103 cm³/mol. The third kappa shape index (κ3) is 2.05. The van der Waals surface area contributed by atoms with Gasteiger partial charge in [-0.05, 0) is 46.5 Å². The third-order valence-electron chi connectivity index (χ3n) is 5.93. The maximum Gasteiger partial charge on any atom is 0.159 e. The SMILES string of the molecule is O=C1C2C=CC=C3C=CC=C(C32)C1(c1ccc(O)cc1)c1ccc(O)cc1. The van der Waals surface area contributed by atoms with Crippen molar-refractivity contribution >= 4 is 5.78 Å². The van der Waals surface area contributed by atoms with Crippen molar-refractivity contribution in [3.05, 3.63) is 107 Å². The lowest BCUT2D eigenvalue weighted by atomic mass is 9.67. The molecule has 27 heavy (non-hydrogen) atoms. The van der Waals surface area contributed by atoms with Crippen molar-refractivity contribution in [1.82, 2.24) is 0 Å². The Morgan fingerprint density at radius 3 is 1.96 bits per heavy atom. The number of hydrogen-bond donors (Lipinski definition) is 2. The van der Waals surface area contributed by atoms with Crippen molar-refractivity contribution in [2.75, 3.05) is 0 Å². The predicted octanol–water partition coefficient (Wildman–Crippen LogP) is 4.19. The average molecular weight is 354 g/mol. The molecule has 1 saturated carbocycles. The summed E-state index contributed by atoms with van der Waals surface area (Å²) < 4.78 is 0. The fraction of sp³-hybridized carbons (Fsp3) is 0.125. The highest BCUT2D eigenvalue weighted by Gasteiger charge is 2.58. The zero-order valence-corrected chi connectivity index (χ0v) is 14.5. The van der Waals surface area contributed by atoms with E-state index in [1.807, 2.05) is 42.5 Å². The van der Waals surface area contributed by atoms with Gasteiger partial charge in [0, 0.05) is 11.8 Å². The Bertz CT molecular complexity index is 1000. The molecule has 3 aliphatic carbocycles. The number of allylic oxidation sites excluding steroid dienone is 8. The fourth-order valence-electron chi connectivity index (χ4n) is 4.80. The van der Waals surface area contributed by atoms with Crippen molar-refractivity contribution in [1.29, 1.82) is 0 Å². The lowest BCUT2D eigenvalue weighted by molar-refractivity contribution is -0.122. The van der Waals surface area contributed by atoms with Crippen LogP contribution in [0.4, 0.5) is 0 Å². The molecule has 3 aliphatic rings. The van der Waals surface area contributed by atoms with Crippen LogP contribution in [0.5, 0.6) is 11.5 Å². The molecule has 0 heterocycles. The molecule has 0 saturated heterocycles. The minimum atomic E-state index is -0.935. The minimum Gasteiger partial charge on any atom is -0.508 e. The zero-order chi connectivity index (χ0) is 18.6. The van der Waals surface area contributed by atoms with E-state index in [2.05, 4.69) is 18.2 Å². The average Bonchev–Trinajstić information content (AvgIpc) is 2.95. The van der Waals surface area contributed by atoms with Crippen molar-refractivity contribution in [2.24, 2.45) is 11.8 Å². The molecule has 0 amide bonds. The quantitative estimate of drug-likeness (QED) is 0.850. The number of phenols is 2. The maximum atomic E-state index is 13.9. The van der Waals surface area contributed by atoms with Crippen LogP contribution in [0.3, 0.4) is 0 Å². The molecule has 0 radical (unpaired) electrons. The Kier molecular flexibility index (Phi) is 3.28. The standard InChI is InChI=1S/C24H18O3/c25-18-11-7-16(8-12-18)24(17-9-13-19(26)14-10-17)21-6-2-4-15-3-1-5-20(22(15)21)23(24)27/h1-14,20,22,25-26H. The molecule has 2 atom stereocenters. The molecule has 1 fully saturated rings. The number of carbonyl (C=O) groups excluding carboxylic acids is 1. The number of hydrogen-bond acceptors (Lipinski definition) is 3. The molecule has 132 valence electrons. The number of aromatic hydroxyl groups is 2. The molecule has 2 unspecified atom stereocenters. The van der Waals surface area contributed by atoms with Crippen LogP contribution in [0.25, 0.3) is 0 Å². The Balaban J connectivity index is 1.84. The first-order valence-corrected chi connectivity index (χ1v) is 9.03. The first-order valence-electron chi connectivity index (χ1n) is 9.03. The van der Waals surface area contributed by atoms with Gasteiger partial charge in [0.25, 0.3) is 0 Å². The van der Waals surface area contributed by atoms with Crippen LogP contribution in [0.1, 0.15) is 11.1 Å². The highest BCUT2D eigenvalue weighted by atomic mass is 16.3. The van der Waals surface area contributed by atoms with Crippen molar-refractivity contribution < 1.29 is 15.0 Å². The molecular weight excluding hydrogens is 336 g/mol. The fourth-order valence-corrected chi connectivity index (χ4v) is 4.80. The Labute approximate surface area is 157 Å². The number of phenolic OH excluding ortho intramolecular Hbond substituents is 2. The third-order valence-corrected chi connectivity index (χ3v) is 5.93. The van der Waals surface area contributed by atoms with Gasteiger partial charge < -0.3 is 10.2 Å². The van der Waals surface area contributed by atoms with E-state index in [0.717, 1.165) is 22.3 Å². The summed E-state index contributed by atoms with van der Waals surface area (Å²) in [5, 5.41) is 19.5. The first kappa shape index (κ1) is 15.9. The van der Waals surface area contributed by atoms with E-state index in [9.17, 15) is 15.0 Å². The smallest absolute Gasteiger partial charge is 0.159 e. The van der Waals surface area contributed by atoms with Crippen LogP contribution in [0.15, 0.2) is 96.1 Å². The molecule has 0 bridgehead atoms. The second-order valence-corrected chi connectivity index (χ2v) is 7.24. The molecule has 2 N–H and O–H groups in total. The van der Waals surface area contributed by atoms with E-state index >= 15 is 0 Å². The van der Waals surface area contributed by atoms with Crippen molar-refractivity contribution in [3.8, 4) is 11.5 Å². The molecule has 0 aliphatic heterocycles. The molecule has 2 aromatic carbocycles. The van der Waals surface area contributed by atoms with Crippen LogP contribution in [-0.2, 0) is 10.2 Å². The van der Waals surface area contributed by atoms with Gasteiger partial charge in [0.1, 0.15) is 16.9 Å². The molecule has 3 nitrogen and oxygen atoms in total. The van der Waals surface area contributed by atoms with Crippen LogP contribution >= 0.6 is 0 Å². The van der Waals surface area contributed by atoms with Gasteiger partial charge in [0.15, 0.2) is 5.78 Å². The van der Waals surface area contributed by atoms with Crippen LogP contribution in [0.2, 0.25) is 0 Å². The maximum absolute atomic E-state index is 13.9. The van der Waals surface area contributed by atoms with Crippen molar-refractivity contribution in [3.63, 3.8) is 0 Å². The van der Waals surface area contributed by atoms with Crippen LogP contribution < -0.4 is 0 Å². The number of carbonyl (C=O) groups is 1. The summed E-state index contributed by atoms with van der Waals surface area (Å²) in [6.45, 7) is 0. The lowest BCUT2D eigenvalue weighted by Gasteiger charge is -2.33. The summed E-state index contributed by atoms with van der Waals surface area (Å²) in [7, 11) is 0. The van der Waals surface area contributed by atoms with Gasteiger partial charge in [-0.1, -0.05) is 60.7 Å². The monoisotopic (exact) mass is 354 g/mol. The Morgan fingerprint density at radius 1 is 0.778 bits per heavy atom. The summed E-state index contributed by atoms with van der Waals surface area (Å²) in [6.07, 6.45) is 12.2. The summed E-state index contributed by atoms with van der Waals surface area (Å²) in [6, 6.07) is 13.8. The molecule has 0 spiro atoms. The highest BCUT2D eigenvalue weighted by molar-refractivity contribution is 6.05. The summed E-state index contributed by atoms with van der Waals surface area (Å²) in [5.41, 5.74) is 2.93. The summed E-state index contributed by atoms with van der Waals surface area (Å²) >= 11 is 0. The molecule has 0 aromatic heterocycles. The summed E-state index contributed by atoms with van der Waals surface area (Å²) in [5.74, 6) is 0.264. The number of benzene rings is 2. The first-order chi connectivity index (χ1) is 13.1. The Hall–Kier alpha value is -3.33. The van der Waals surface area contributed by atoms with Crippen LogP contribution in [0, 0.1) is 11.8 Å². The van der Waals surface area contributed by atoms with E-state index in [0.29, 0.717) is 0 Å². The zero-order valence-electron chi connectivity index (χ0n) is 14.5. The Morgan fingerprint density at radius 2 is 1.37 bits per heavy atom. The van der Waals surface area contributed by atoms with Crippen molar-refractivity contribution in [2.45, 2.75) is 5.41 Å². The van der Waals surface area contributed by atoms with E-state index < -0.39 is 5.41 Å².